The van der Waals surface area contributed by atoms with E-state index in [2.05, 4.69) is 59.0 Å². The Morgan fingerprint density at radius 2 is 2.00 bits per heavy atom. The minimum atomic E-state index is -0.426. The number of fused-ring (bicyclic) bond motifs is 1. The summed E-state index contributed by atoms with van der Waals surface area (Å²) in [5.41, 5.74) is 2.78. The molecule has 0 aliphatic carbocycles. The molecule has 6 rings (SSSR count). The molecule has 5 heterocycles. The van der Waals surface area contributed by atoms with Crippen LogP contribution in [0.3, 0.4) is 0 Å². The number of amides is 1. The van der Waals surface area contributed by atoms with Crippen molar-refractivity contribution < 1.29 is 19.2 Å². The van der Waals surface area contributed by atoms with Gasteiger partial charge in [0, 0.05) is 57.1 Å². The predicted molar refractivity (Wildman–Crippen MR) is 144 cm³/mol. The number of allylic oxidation sites excluding steroid dienone is 1. The molecule has 4 aliphatic heterocycles. The number of likely N-dealkylation sites (tertiary alicyclic amines) is 1. The number of piperidine rings is 1. The standard InChI is InChI=1S/C29H37N5O4/c1-18(2)26-31-28(38-32-26)33-12-9-29(10-13-33)8-6-21-15-20(4-5-25(21)37-29)23-16-30-24(14-19(23)3)27(36)34-11-7-22(35)17-34/h4-5,14-16,18-19,22-23,35H,6-13,17H2,1-3H3. The Bertz CT molecular complexity index is 1260. The number of ether oxygens (including phenoxy) is 1. The molecule has 1 aromatic carbocycles. The minimum absolute atomic E-state index is 0.0854. The zero-order valence-corrected chi connectivity index (χ0v) is 22.5. The molecule has 3 unspecified atom stereocenters. The molecule has 0 bridgehead atoms. The fraction of sp³-hybridized carbons (Fsp3) is 0.586. The molecule has 1 N–H and O–H groups in total. The van der Waals surface area contributed by atoms with E-state index in [1.54, 1.807) is 4.90 Å². The largest absolute Gasteiger partial charge is 0.487 e. The van der Waals surface area contributed by atoms with Gasteiger partial charge in [-0.1, -0.05) is 38.1 Å². The quantitative estimate of drug-likeness (QED) is 0.655. The number of β-amino-alcohol motifs (C(OH)–C–C–N with tert-alkyl or cyclic N) is 1. The molecule has 202 valence electrons. The molecular formula is C29H37N5O4. The van der Waals surface area contributed by atoms with Gasteiger partial charge in [-0.3, -0.25) is 9.79 Å². The van der Waals surface area contributed by atoms with Crippen molar-refractivity contribution in [2.24, 2.45) is 10.9 Å². The minimum Gasteiger partial charge on any atom is -0.487 e. The van der Waals surface area contributed by atoms with E-state index in [1.165, 1.54) is 11.1 Å². The van der Waals surface area contributed by atoms with Crippen molar-refractivity contribution >= 4 is 18.1 Å². The molecule has 9 heteroatoms. The van der Waals surface area contributed by atoms with Gasteiger partial charge in [0.1, 0.15) is 17.0 Å². The molecule has 0 saturated carbocycles. The van der Waals surface area contributed by atoms with Crippen molar-refractivity contribution in [1.82, 2.24) is 15.0 Å². The van der Waals surface area contributed by atoms with Crippen molar-refractivity contribution in [2.75, 3.05) is 31.1 Å². The number of aryl methyl sites for hydroxylation is 1. The Kier molecular flexibility index (Phi) is 6.50. The summed E-state index contributed by atoms with van der Waals surface area (Å²) < 4.78 is 12.2. The number of benzene rings is 1. The topological polar surface area (TPSA) is 104 Å². The Balaban J connectivity index is 1.09. The van der Waals surface area contributed by atoms with Gasteiger partial charge in [0.25, 0.3) is 5.91 Å². The number of aromatic nitrogens is 2. The average molecular weight is 520 g/mol. The van der Waals surface area contributed by atoms with Gasteiger partial charge >= 0.3 is 6.01 Å². The third-order valence-corrected chi connectivity index (χ3v) is 8.57. The monoisotopic (exact) mass is 519 g/mol. The highest BCUT2D eigenvalue weighted by Gasteiger charge is 2.41. The second-order valence-electron chi connectivity index (χ2n) is 11.6. The van der Waals surface area contributed by atoms with Gasteiger partial charge in [-0.05, 0) is 48.4 Å². The van der Waals surface area contributed by atoms with Gasteiger partial charge in [-0.25, -0.2) is 0 Å². The van der Waals surface area contributed by atoms with Crippen molar-refractivity contribution in [3.63, 3.8) is 0 Å². The Labute approximate surface area is 223 Å². The number of rotatable bonds is 4. The molecule has 38 heavy (non-hydrogen) atoms. The molecular weight excluding hydrogens is 482 g/mol. The third-order valence-electron chi connectivity index (χ3n) is 8.57. The maximum absolute atomic E-state index is 12.8. The predicted octanol–water partition coefficient (Wildman–Crippen LogP) is 3.84. The summed E-state index contributed by atoms with van der Waals surface area (Å²) in [7, 11) is 0. The number of aliphatic hydroxyl groups excluding tert-OH is 1. The van der Waals surface area contributed by atoms with Crippen LogP contribution in [0.1, 0.15) is 75.2 Å². The molecule has 4 aliphatic rings. The van der Waals surface area contributed by atoms with Crippen LogP contribution >= 0.6 is 0 Å². The SMILES string of the molecule is CC(C)c1noc(N2CCC3(CCc4cc(C5C=NC(C(=O)N6CCC(O)C6)=CC5C)ccc4O3)CC2)n1. The summed E-state index contributed by atoms with van der Waals surface area (Å²) in [6, 6.07) is 7.13. The fourth-order valence-corrected chi connectivity index (χ4v) is 6.09. The molecule has 2 saturated heterocycles. The fourth-order valence-electron chi connectivity index (χ4n) is 6.09. The first kappa shape index (κ1) is 25.1. The highest BCUT2D eigenvalue weighted by atomic mass is 16.5. The van der Waals surface area contributed by atoms with Gasteiger partial charge < -0.3 is 24.2 Å². The number of anilines is 1. The van der Waals surface area contributed by atoms with Crippen LogP contribution in [0.5, 0.6) is 5.75 Å². The molecule has 2 fully saturated rings. The highest BCUT2D eigenvalue weighted by molar-refractivity contribution is 5.96. The number of carbonyl (C=O) groups is 1. The van der Waals surface area contributed by atoms with Crippen LogP contribution in [-0.4, -0.2) is 70.2 Å². The van der Waals surface area contributed by atoms with Crippen LogP contribution < -0.4 is 9.64 Å². The zero-order valence-electron chi connectivity index (χ0n) is 22.5. The Hall–Kier alpha value is -3.20. The maximum atomic E-state index is 12.8. The van der Waals surface area contributed by atoms with E-state index in [-0.39, 0.29) is 29.3 Å². The van der Waals surface area contributed by atoms with E-state index in [0.29, 0.717) is 31.2 Å². The lowest BCUT2D eigenvalue weighted by atomic mass is 9.81. The summed E-state index contributed by atoms with van der Waals surface area (Å²) in [6.45, 7) is 8.93. The van der Waals surface area contributed by atoms with Crippen LogP contribution in [0.25, 0.3) is 0 Å². The molecule has 1 aromatic heterocycles. The van der Waals surface area contributed by atoms with Crippen LogP contribution in [0.15, 0.2) is 39.5 Å². The summed E-state index contributed by atoms with van der Waals surface area (Å²) in [6.07, 6.45) is 7.92. The van der Waals surface area contributed by atoms with Crippen molar-refractivity contribution in [3.05, 3.63) is 46.9 Å². The molecule has 3 atom stereocenters. The van der Waals surface area contributed by atoms with Crippen molar-refractivity contribution in [2.45, 2.75) is 76.4 Å². The molecule has 2 aromatic rings. The summed E-state index contributed by atoms with van der Waals surface area (Å²) >= 11 is 0. The van der Waals surface area contributed by atoms with E-state index in [0.717, 1.165) is 50.3 Å². The number of hydrogen-bond acceptors (Lipinski definition) is 8. The lowest BCUT2D eigenvalue weighted by Gasteiger charge is -2.44. The van der Waals surface area contributed by atoms with E-state index in [1.807, 2.05) is 12.3 Å². The average Bonchev–Trinajstić information content (AvgIpc) is 3.58. The number of carbonyl (C=O) groups excluding carboxylic acids is 1. The van der Waals surface area contributed by atoms with E-state index in [4.69, 9.17) is 9.26 Å². The van der Waals surface area contributed by atoms with Gasteiger partial charge in [0.2, 0.25) is 0 Å². The zero-order chi connectivity index (χ0) is 26.4. The van der Waals surface area contributed by atoms with Crippen molar-refractivity contribution in [3.8, 4) is 5.75 Å². The van der Waals surface area contributed by atoms with E-state index in [9.17, 15) is 9.90 Å². The normalized spacial score (nSPS) is 26.4. The third kappa shape index (κ3) is 4.72. The second-order valence-corrected chi connectivity index (χ2v) is 11.6. The molecule has 1 amide bonds. The van der Waals surface area contributed by atoms with E-state index < -0.39 is 6.10 Å². The molecule has 0 radical (unpaired) electrons. The number of nitrogens with zero attached hydrogens (tertiary/aromatic N) is 5. The van der Waals surface area contributed by atoms with E-state index >= 15 is 0 Å². The first-order chi connectivity index (χ1) is 18.3. The van der Waals surface area contributed by atoms with Gasteiger partial charge in [0.05, 0.1) is 6.10 Å². The molecule has 1 spiro atoms. The highest BCUT2D eigenvalue weighted by Crippen LogP contribution is 2.42. The van der Waals surface area contributed by atoms with Crippen LogP contribution in [-0.2, 0) is 11.2 Å². The first-order valence-electron chi connectivity index (χ1n) is 13.9. The van der Waals surface area contributed by atoms with Crippen molar-refractivity contribution in [1.29, 1.82) is 0 Å². The lowest BCUT2D eigenvalue weighted by Crippen LogP contribution is -2.50. The van der Waals surface area contributed by atoms with Crippen LogP contribution in [0.2, 0.25) is 0 Å². The van der Waals surface area contributed by atoms with Gasteiger partial charge in [-0.15, -0.1) is 0 Å². The molecule has 9 nitrogen and oxygen atoms in total. The maximum Gasteiger partial charge on any atom is 0.324 e. The van der Waals surface area contributed by atoms with Gasteiger partial charge in [0.15, 0.2) is 5.82 Å². The van der Waals surface area contributed by atoms with Crippen LogP contribution in [0.4, 0.5) is 6.01 Å². The van der Waals surface area contributed by atoms with Crippen LogP contribution in [0, 0.1) is 5.92 Å². The van der Waals surface area contributed by atoms with Gasteiger partial charge in [-0.2, -0.15) is 4.98 Å². The number of aliphatic imine (C=N–C) groups is 1. The Morgan fingerprint density at radius 3 is 2.68 bits per heavy atom. The summed E-state index contributed by atoms with van der Waals surface area (Å²) in [5.74, 6) is 2.16. The second kappa shape index (κ2) is 9.84. The Morgan fingerprint density at radius 1 is 1.18 bits per heavy atom. The number of hydrogen-bond donors (Lipinski definition) is 1. The lowest BCUT2D eigenvalue weighted by molar-refractivity contribution is -0.126. The summed E-state index contributed by atoms with van der Waals surface area (Å²) in [4.78, 5) is 25.8. The smallest absolute Gasteiger partial charge is 0.324 e. The first-order valence-corrected chi connectivity index (χ1v) is 13.9. The number of aliphatic hydroxyl groups is 1. The summed E-state index contributed by atoms with van der Waals surface area (Å²) in [5, 5.41) is 13.9.